The lowest BCUT2D eigenvalue weighted by atomic mass is 10.1. The number of rotatable bonds is 10. The lowest BCUT2D eigenvalue weighted by Crippen LogP contribution is -2.68. The Kier molecular flexibility index (Phi) is 8.36. The Morgan fingerprint density at radius 2 is 1.50 bits per heavy atom. The summed E-state index contributed by atoms with van der Waals surface area (Å²) >= 11 is 0. The minimum Gasteiger partial charge on any atom is -0.403 e. The Bertz CT molecular complexity index is 788. The molecule has 0 saturated heterocycles. The van der Waals surface area contributed by atoms with Gasteiger partial charge in [-0.25, -0.2) is 0 Å². The summed E-state index contributed by atoms with van der Waals surface area (Å²) in [5, 5.41) is 2.34. The van der Waals surface area contributed by atoms with Crippen molar-refractivity contribution >= 4 is 24.5 Å². The van der Waals surface area contributed by atoms with Crippen LogP contribution in [-0.2, 0) is 9.22 Å². The monoisotopic (exact) mass is 423 g/mol. The molecular weight excluding hydrogens is 386 g/mol. The van der Waals surface area contributed by atoms with Gasteiger partial charge in [-0.15, -0.1) is 0 Å². The van der Waals surface area contributed by atoms with E-state index in [0.29, 0.717) is 18.5 Å². The number of nitrogens with zero attached hydrogens (tertiary/aromatic N) is 1. The van der Waals surface area contributed by atoms with E-state index in [0.717, 1.165) is 6.54 Å². The number of benzene rings is 2. The summed E-state index contributed by atoms with van der Waals surface area (Å²) in [7, 11) is -0.626. The van der Waals surface area contributed by atoms with Gasteiger partial charge in [-0.1, -0.05) is 94.9 Å². The van der Waals surface area contributed by atoms with Crippen molar-refractivity contribution in [2.75, 3.05) is 20.1 Å². The molecule has 2 aromatic rings. The van der Waals surface area contributed by atoms with E-state index < -0.39 is 8.32 Å². The van der Waals surface area contributed by atoms with Gasteiger partial charge in [0.1, 0.15) is 0 Å². The molecule has 0 fully saturated rings. The molecule has 3 nitrogen and oxygen atoms in total. The number of allylic oxidation sites excluding steroid dienone is 1. The summed E-state index contributed by atoms with van der Waals surface area (Å²) in [6.07, 6.45) is 0.148. The molecule has 0 aliphatic carbocycles. The van der Waals surface area contributed by atoms with Gasteiger partial charge < -0.3 is 9.33 Å². The fourth-order valence-electron chi connectivity index (χ4n) is 3.94. The lowest BCUT2D eigenvalue weighted by Gasteiger charge is -2.45. The van der Waals surface area contributed by atoms with Gasteiger partial charge in [0.25, 0.3) is 8.32 Å². The van der Waals surface area contributed by atoms with Crippen LogP contribution in [0.4, 0.5) is 0 Å². The fourth-order valence-corrected chi connectivity index (χ4v) is 8.62. The smallest absolute Gasteiger partial charge is 0.261 e. The van der Waals surface area contributed by atoms with Crippen molar-refractivity contribution in [3.63, 3.8) is 0 Å². The van der Waals surface area contributed by atoms with Crippen molar-refractivity contribution < 1.29 is 9.22 Å². The summed E-state index contributed by atoms with van der Waals surface area (Å²) in [4.78, 5) is 14.9. The van der Waals surface area contributed by atoms with Gasteiger partial charge in [0.2, 0.25) is 0 Å². The average Bonchev–Trinajstić information content (AvgIpc) is 2.71. The van der Waals surface area contributed by atoms with Crippen molar-refractivity contribution in [1.29, 1.82) is 0 Å². The summed E-state index contributed by atoms with van der Waals surface area (Å²) in [6.45, 7) is 16.2. The molecule has 0 heterocycles. The van der Waals surface area contributed by atoms with Crippen LogP contribution >= 0.6 is 0 Å². The lowest BCUT2D eigenvalue weighted by molar-refractivity contribution is -0.117. The van der Waals surface area contributed by atoms with E-state index in [4.69, 9.17) is 4.43 Å². The molecule has 0 amide bonds. The van der Waals surface area contributed by atoms with E-state index in [-0.39, 0.29) is 16.9 Å². The second-order valence-corrected chi connectivity index (χ2v) is 13.4. The molecule has 1 atom stereocenters. The Morgan fingerprint density at radius 1 is 1.03 bits per heavy atom. The highest BCUT2D eigenvalue weighted by atomic mass is 28.4. The third-order valence-corrected chi connectivity index (χ3v) is 10.8. The summed E-state index contributed by atoms with van der Waals surface area (Å²) in [6, 6.07) is 21.2. The number of carbonyl (C=O) groups excluding carboxylic acids is 1. The Morgan fingerprint density at radius 3 is 1.87 bits per heavy atom. The minimum absolute atomic E-state index is 0.0717. The molecule has 0 aromatic heterocycles. The first-order valence-corrected chi connectivity index (χ1v) is 12.7. The molecular formula is C26H37NO2Si. The summed E-state index contributed by atoms with van der Waals surface area (Å²) in [5.74, 6) is 0.0717. The predicted molar refractivity (Wildman–Crippen MR) is 130 cm³/mol. The van der Waals surface area contributed by atoms with Gasteiger partial charge in [0.05, 0.1) is 6.10 Å². The van der Waals surface area contributed by atoms with E-state index in [1.807, 2.05) is 12.1 Å². The SMILES string of the molecule is C=C(C)C(=O)C[C@@H](CN(C)CC)O[Si](c1ccccc1)(c1ccccc1)C(C)(C)C. The summed E-state index contributed by atoms with van der Waals surface area (Å²) in [5.41, 5.74) is 0.588. The van der Waals surface area contributed by atoms with Gasteiger partial charge in [0.15, 0.2) is 5.78 Å². The molecule has 2 rings (SSSR count). The zero-order valence-corrected chi connectivity index (χ0v) is 20.4. The Labute approximate surface area is 183 Å². The maximum Gasteiger partial charge on any atom is 0.261 e. The number of carbonyl (C=O) groups is 1. The maximum atomic E-state index is 12.6. The molecule has 0 N–H and O–H groups in total. The van der Waals surface area contributed by atoms with Gasteiger partial charge in [-0.05, 0) is 41.5 Å². The molecule has 2 aromatic carbocycles. The number of hydrogen-bond acceptors (Lipinski definition) is 3. The molecule has 0 saturated carbocycles. The third kappa shape index (κ3) is 5.57. The third-order valence-electron chi connectivity index (χ3n) is 5.70. The first kappa shape index (κ1) is 24.3. The maximum absolute atomic E-state index is 12.6. The molecule has 30 heavy (non-hydrogen) atoms. The van der Waals surface area contributed by atoms with Crippen molar-refractivity contribution in [2.45, 2.75) is 52.2 Å². The Balaban J connectivity index is 2.64. The van der Waals surface area contributed by atoms with Crippen LogP contribution in [0.2, 0.25) is 5.04 Å². The number of Topliss-reactive ketones (excluding diaryl/α,β-unsaturated/α-hetero) is 1. The van der Waals surface area contributed by atoms with Crippen LogP contribution in [0.1, 0.15) is 41.0 Å². The highest BCUT2D eigenvalue weighted by Crippen LogP contribution is 2.38. The van der Waals surface area contributed by atoms with Gasteiger partial charge in [0, 0.05) is 13.0 Å². The Hall–Kier alpha value is -2.01. The zero-order chi connectivity index (χ0) is 22.4. The standard InChI is InChI=1S/C26H37NO2Si/c1-8-27(7)20-22(19-25(28)21(2)3)29-30(26(4,5)6,23-15-11-9-12-16-23)24-17-13-10-14-18-24/h9-18,22H,2,8,19-20H2,1,3-7H3/t22-/m0/s1. The van der Waals surface area contributed by atoms with Crippen molar-refractivity contribution in [3.05, 3.63) is 72.8 Å². The number of likely N-dealkylation sites (N-methyl/N-ethyl adjacent to an activating group) is 1. The van der Waals surface area contributed by atoms with Crippen molar-refractivity contribution in [3.8, 4) is 0 Å². The quantitative estimate of drug-likeness (QED) is 0.418. The van der Waals surface area contributed by atoms with Crippen LogP contribution in [0.5, 0.6) is 0 Å². The second-order valence-electron chi connectivity index (χ2n) is 9.17. The van der Waals surface area contributed by atoms with Crippen LogP contribution in [0.25, 0.3) is 0 Å². The van der Waals surface area contributed by atoms with Gasteiger partial charge in [-0.2, -0.15) is 0 Å². The fraction of sp³-hybridized carbons (Fsp3) is 0.423. The number of ketones is 1. The van der Waals surface area contributed by atoms with Crippen molar-refractivity contribution in [2.24, 2.45) is 0 Å². The molecule has 0 bridgehead atoms. The largest absolute Gasteiger partial charge is 0.403 e. The van der Waals surface area contributed by atoms with E-state index in [1.165, 1.54) is 10.4 Å². The topological polar surface area (TPSA) is 29.5 Å². The molecule has 0 aliphatic heterocycles. The normalized spacial score (nSPS) is 13.3. The first-order valence-electron chi connectivity index (χ1n) is 10.8. The predicted octanol–water partition coefficient (Wildman–Crippen LogP) is 4.42. The zero-order valence-electron chi connectivity index (χ0n) is 19.4. The molecule has 4 heteroatoms. The van der Waals surface area contributed by atoms with Crippen LogP contribution in [0, 0.1) is 0 Å². The highest BCUT2D eigenvalue weighted by molar-refractivity contribution is 6.99. The van der Waals surface area contributed by atoms with E-state index in [2.05, 4.69) is 94.8 Å². The van der Waals surface area contributed by atoms with Gasteiger partial charge >= 0.3 is 0 Å². The second kappa shape index (κ2) is 10.3. The first-order chi connectivity index (χ1) is 14.1. The van der Waals surface area contributed by atoms with Crippen molar-refractivity contribution in [1.82, 2.24) is 4.90 Å². The van der Waals surface area contributed by atoms with Crippen LogP contribution in [0.15, 0.2) is 72.8 Å². The molecule has 0 radical (unpaired) electrons. The molecule has 0 aliphatic rings. The average molecular weight is 424 g/mol. The van der Waals surface area contributed by atoms with E-state index >= 15 is 0 Å². The highest BCUT2D eigenvalue weighted by Gasteiger charge is 2.51. The van der Waals surface area contributed by atoms with E-state index in [9.17, 15) is 4.79 Å². The van der Waals surface area contributed by atoms with Crippen LogP contribution < -0.4 is 10.4 Å². The molecule has 0 spiro atoms. The number of hydrogen-bond donors (Lipinski definition) is 0. The van der Waals surface area contributed by atoms with Crippen LogP contribution in [-0.4, -0.2) is 45.2 Å². The molecule has 0 unspecified atom stereocenters. The van der Waals surface area contributed by atoms with Crippen LogP contribution in [0.3, 0.4) is 0 Å². The summed E-state index contributed by atoms with van der Waals surface area (Å²) < 4.78 is 7.20. The minimum atomic E-state index is -2.70. The van der Waals surface area contributed by atoms with E-state index in [1.54, 1.807) is 6.92 Å². The van der Waals surface area contributed by atoms with Gasteiger partial charge in [-0.3, -0.25) is 4.79 Å². The molecule has 162 valence electrons.